The molecule has 3 aromatic carbocycles. The molecule has 4 rings (SSSR count). The Balaban J connectivity index is 1.74. The molecule has 0 N–H and O–H groups in total. The van der Waals surface area contributed by atoms with Crippen molar-refractivity contribution in [1.29, 1.82) is 0 Å². The molecular formula is C19H14F2O2S. The van der Waals surface area contributed by atoms with Gasteiger partial charge in [-0.25, -0.2) is 8.78 Å². The molecule has 1 aliphatic heterocycles. The molecule has 5 heteroatoms. The van der Waals surface area contributed by atoms with Crippen LogP contribution in [-0.4, -0.2) is 7.11 Å². The maximum atomic E-state index is 14.0. The highest BCUT2D eigenvalue weighted by molar-refractivity contribution is 7.98. The Hall–Kier alpha value is -2.27. The smallest absolute Gasteiger partial charge is 0.172 e. The van der Waals surface area contributed by atoms with Crippen LogP contribution in [0, 0.1) is 11.6 Å². The third kappa shape index (κ3) is 2.59. The fourth-order valence-electron chi connectivity index (χ4n) is 2.88. The lowest BCUT2D eigenvalue weighted by Crippen LogP contribution is -2.12. The number of fused-ring (bicyclic) bond motifs is 3. The van der Waals surface area contributed by atoms with Crippen LogP contribution in [0.4, 0.5) is 8.78 Å². The second kappa shape index (κ2) is 5.98. The van der Waals surface area contributed by atoms with Gasteiger partial charge in [-0.15, -0.1) is 11.8 Å². The first-order chi connectivity index (χ1) is 11.7. The number of methoxy groups -OCH3 is 1. The second-order valence-corrected chi connectivity index (χ2v) is 6.61. The lowest BCUT2D eigenvalue weighted by molar-refractivity contribution is 0.282. The Morgan fingerprint density at radius 3 is 2.71 bits per heavy atom. The van der Waals surface area contributed by atoms with E-state index in [-0.39, 0.29) is 0 Å². The van der Waals surface area contributed by atoms with Gasteiger partial charge in [0.25, 0.3) is 0 Å². The first-order valence-electron chi connectivity index (χ1n) is 7.48. The number of benzene rings is 3. The van der Waals surface area contributed by atoms with E-state index in [2.05, 4.69) is 0 Å². The summed E-state index contributed by atoms with van der Waals surface area (Å²) in [5.41, 5.74) is 0.939. The van der Waals surface area contributed by atoms with Crippen molar-refractivity contribution in [3.8, 4) is 11.5 Å². The zero-order valence-electron chi connectivity index (χ0n) is 12.9. The molecule has 0 radical (unpaired) electrons. The Labute approximate surface area is 142 Å². The van der Waals surface area contributed by atoms with Crippen molar-refractivity contribution in [2.75, 3.05) is 7.11 Å². The summed E-state index contributed by atoms with van der Waals surface area (Å²) in [4.78, 5) is 0. The maximum absolute atomic E-state index is 14.0. The van der Waals surface area contributed by atoms with E-state index in [0.29, 0.717) is 11.3 Å². The van der Waals surface area contributed by atoms with Crippen LogP contribution in [0.5, 0.6) is 11.5 Å². The molecular weight excluding hydrogens is 330 g/mol. The van der Waals surface area contributed by atoms with E-state index in [1.807, 2.05) is 30.3 Å². The van der Waals surface area contributed by atoms with Gasteiger partial charge in [0.2, 0.25) is 0 Å². The molecule has 1 atom stereocenters. The van der Waals surface area contributed by atoms with Crippen LogP contribution in [0.3, 0.4) is 0 Å². The minimum atomic E-state index is -0.587. The normalized spacial score (nSPS) is 16.5. The largest absolute Gasteiger partial charge is 0.497 e. The van der Waals surface area contributed by atoms with Crippen LogP contribution in [0.2, 0.25) is 0 Å². The summed E-state index contributed by atoms with van der Waals surface area (Å²) in [6, 6.07) is 13.4. The van der Waals surface area contributed by atoms with Crippen molar-refractivity contribution >= 4 is 22.5 Å². The van der Waals surface area contributed by atoms with Gasteiger partial charge in [0.1, 0.15) is 23.1 Å². The van der Waals surface area contributed by atoms with Crippen LogP contribution in [0.15, 0.2) is 48.5 Å². The van der Waals surface area contributed by atoms with Crippen LogP contribution in [0.1, 0.15) is 16.6 Å². The van der Waals surface area contributed by atoms with Crippen molar-refractivity contribution in [2.45, 2.75) is 11.2 Å². The van der Waals surface area contributed by atoms with Crippen molar-refractivity contribution in [1.82, 2.24) is 0 Å². The van der Waals surface area contributed by atoms with Crippen LogP contribution in [-0.2, 0) is 5.75 Å². The van der Waals surface area contributed by atoms with Gasteiger partial charge in [0, 0.05) is 22.9 Å². The molecule has 0 aliphatic carbocycles. The van der Waals surface area contributed by atoms with Crippen LogP contribution < -0.4 is 9.47 Å². The van der Waals surface area contributed by atoms with E-state index in [1.165, 1.54) is 23.9 Å². The van der Waals surface area contributed by atoms with Gasteiger partial charge in [-0.2, -0.15) is 0 Å². The zero-order chi connectivity index (χ0) is 16.7. The fraction of sp³-hybridized carbons (Fsp3) is 0.158. The number of hydrogen-bond acceptors (Lipinski definition) is 3. The maximum Gasteiger partial charge on any atom is 0.172 e. The van der Waals surface area contributed by atoms with Gasteiger partial charge in [0.15, 0.2) is 5.44 Å². The Kier molecular flexibility index (Phi) is 3.81. The standard InChI is InChI=1S/C19H14F2O2S/c1-22-13-5-2-11-3-7-18-16(15(11)9-13)10-24-19(23-18)14-6-4-12(20)8-17(14)21/h2-9,19H,10H2,1H3. The van der Waals surface area contributed by atoms with Crippen LogP contribution in [0.25, 0.3) is 10.8 Å². The number of thioether (sulfide) groups is 1. The van der Waals surface area contributed by atoms with E-state index in [1.54, 1.807) is 7.11 Å². The molecule has 1 aliphatic rings. The summed E-state index contributed by atoms with van der Waals surface area (Å²) in [5, 5.41) is 2.17. The molecule has 0 amide bonds. The highest BCUT2D eigenvalue weighted by Crippen LogP contribution is 2.45. The predicted molar refractivity (Wildman–Crippen MR) is 91.5 cm³/mol. The molecule has 3 aromatic rings. The zero-order valence-corrected chi connectivity index (χ0v) is 13.7. The van der Waals surface area contributed by atoms with E-state index < -0.39 is 17.1 Å². The molecule has 0 bridgehead atoms. The van der Waals surface area contributed by atoms with E-state index >= 15 is 0 Å². The lowest BCUT2D eigenvalue weighted by atomic mass is 10.0. The molecule has 0 aromatic heterocycles. The molecule has 24 heavy (non-hydrogen) atoms. The monoisotopic (exact) mass is 344 g/mol. The summed E-state index contributed by atoms with van der Waals surface area (Å²) in [6.07, 6.45) is 0. The third-order valence-corrected chi connectivity index (χ3v) is 5.24. The number of rotatable bonds is 2. The number of ether oxygens (including phenoxy) is 2. The molecule has 2 nitrogen and oxygen atoms in total. The van der Waals surface area contributed by atoms with Crippen LogP contribution >= 0.6 is 11.8 Å². The van der Waals surface area contributed by atoms with E-state index in [4.69, 9.17) is 9.47 Å². The van der Waals surface area contributed by atoms with Gasteiger partial charge in [-0.05, 0) is 41.1 Å². The van der Waals surface area contributed by atoms with Gasteiger partial charge in [-0.3, -0.25) is 0 Å². The average molecular weight is 344 g/mol. The highest BCUT2D eigenvalue weighted by Gasteiger charge is 2.26. The minimum Gasteiger partial charge on any atom is -0.497 e. The van der Waals surface area contributed by atoms with E-state index in [0.717, 1.165) is 33.9 Å². The second-order valence-electron chi connectivity index (χ2n) is 5.56. The average Bonchev–Trinajstić information content (AvgIpc) is 2.60. The fourth-order valence-corrected chi connectivity index (χ4v) is 4.04. The molecule has 0 fully saturated rings. The molecule has 1 unspecified atom stereocenters. The lowest BCUT2D eigenvalue weighted by Gasteiger charge is -2.27. The number of halogens is 2. The first-order valence-corrected chi connectivity index (χ1v) is 8.53. The summed E-state index contributed by atoms with van der Waals surface area (Å²) in [5.74, 6) is 1.02. The van der Waals surface area contributed by atoms with Crippen molar-refractivity contribution < 1.29 is 18.3 Å². The third-order valence-electron chi connectivity index (χ3n) is 4.13. The molecule has 1 heterocycles. The highest BCUT2D eigenvalue weighted by atomic mass is 32.2. The van der Waals surface area contributed by atoms with Crippen molar-refractivity contribution in [3.05, 3.63) is 71.3 Å². The Morgan fingerprint density at radius 1 is 1.08 bits per heavy atom. The molecule has 0 saturated carbocycles. The minimum absolute atomic E-state index is 0.359. The van der Waals surface area contributed by atoms with Crippen molar-refractivity contribution in [2.24, 2.45) is 0 Å². The molecule has 0 saturated heterocycles. The Morgan fingerprint density at radius 2 is 1.92 bits per heavy atom. The predicted octanol–water partition coefficient (Wildman–Crippen LogP) is 5.45. The van der Waals surface area contributed by atoms with Gasteiger partial charge in [0.05, 0.1) is 7.11 Å². The Bertz CT molecular complexity index is 927. The first kappa shape index (κ1) is 15.3. The van der Waals surface area contributed by atoms with Crippen molar-refractivity contribution in [3.63, 3.8) is 0 Å². The number of hydrogen-bond donors (Lipinski definition) is 0. The summed E-state index contributed by atoms with van der Waals surface area (Å²) >= 11 is 1.48. The molecule has 122 valence electrons. The van der Waals surface area contributed by atoms with Gasteiger partial charge < -0.3 is 9.47 Å². The van der Waals surface area contributed by atoms with Gasteiger partial charge in [-0.1, -0.05) is 12.1 Å². The summed E-state index contributed by atoms with van der Waals surface area (Å²) in [7, 11) is 1.63. The molecule has 0 spiro atoms. The SMILES string of the molecule is COc1ccc2ccc3c(c2c1)CSC(c1ccc(F)cc1F)O3. The summed E-state index contributed by atoms with van der Waals surface area (Å²) < 4.78 is 38.4. The summed E-state index contributed by atoms with van der Waals surface area (Å²) in [6.45, 7) is 0. The van der Waals surface area contributed by atoms with E-state index in [9.17, 15) is 8.78 Å². The van der Waals surface area contributed by atoms with Gasteiger partial charge >= 0.3 is 0 Å². The topological polar surface area (TPSA) is 18.5 Å². The quantitative estimate of drug-likeness (QED) is 0.616.